The molecule has 0 spiro atoms. The Morgan fingerprint density at radius 1 is 1.04 bits per heavy atom. The predicted molar refractivity (Wildman–Crippen MR) is 94.7 cm³/mol. The molecule has 0 saturated carbocycles. The molecule has 0 aliphatic heterocycles. The number of hydrogen-bond acceptors (Lipinski definition) is 2. The summed E-state index contributed by atoms with van der Waals surface area (Å²) in [6.45, 7) is 0.597. The molecule has 0 bridgehead atoms. The van der Waals surface area contributed by atoms with Crippen molar-refractivity contribution in [1.29, 1.82) is 0 Å². The van der Waals surface area contributed by atoms with Crippen LogP contribution in [0, 0.1) is 5.82 Å². The molecular weight excluding hydrogens is 348 g/mol. The summed E-state index contributed by atoms with van der Waals surface area (Å²) in [5.41, 5.74) is 2.01. The van der Waals surface area contributed by atoms with Gasteiger partial charge in [0.15, 0.2) is 0 Å². The standard InChI is InChI=1S/C18H16Cl2FN3/c19-14-7-13(8-15(20)10-14)9-17(18-22-5-6-23-18)24-11-12-1-3-16(21)4-2-12/h1-8,10,17,24H,9,11H2,(H,22,23). The Morgan fingerprint density at radius 3 is 2.38 bits per heavy atom. The molecule has 1 unspecified atom stereocenters. The highest BCUT2D eigenvalue weighted by molar-refractivity contribution is 6.34. The van der Waals surface area contributed by atoms with Crippen molar-refractivity contribution in [2.75, 3.05) is 0 Å². The molecule has 0 fully saturated rings. The highest BCUT2D eigenvalue weighted by Crippen LogP contribution is 2.23. The third-order valence-corrected chi connectivity index (χ3v) is 4.11. The maximum absolute atomic E-state index is 13.0. The molecule has 1 aromatic heterocycles. The van der Waals surface area contributed by atoms with Crippen LogP contribution in [0.4, 0.5) is 4.39 Å². The molecular formula is C18H16Cl2FN3. The second-order valence-electron chi connectivity index (χ2n) is 5.52. The summed E-state index contributed by atoms with van der Waals surface area (Å²) in [6.07, 6.45) is 4.18. The van der Waals surface area contributed by atoms with E-state index < -0.39 is 0 Å². The Morgan fingerprint density at radius 2 is 1.75 bits per heavy atom. The monoisotopic (exact) mass is 363 g/mol. The van der Waals surface area contributed by atoms with Crippen LogP contribution in [-0.4, -0.2) is 9.97 Å². The highest BCUT2D eigenvalue weighted by Gasteiger charge is 2.15. The van der Waals surface area contributed by atoms with Gasteiger partial charge in [0.1, 0.15) is 11.6 Å². The molecule has 0 aliphatic carbocycles. The molecule has 1 heterocycles. The molecule has 2 aromatic carbocycles. The van der Waals surface area contributed by atoms with Crippen LogP contribution in [0.25, 0.3) is 0 Å². The predicted octanol–water partition coefficient (Wildman–Crippen LogP) is 4.93. The highest BCUT2D eigenvalue weighted by atomic mass is 35.5. The van der Waals surface area contributed by atoms with Crippen molar-refractivity contribution < 1.29 is 4.39 Å². The summed E-state index contributed by atoms with van der Waals surface area (Å²) in [7, 11) is 0. The zero-order chi connectivity index (χ0) is 16.9. The number of H-pyrrole nitrogens is 1. The zero-order valence-electron chi connectivity index (χ0n) is 12.8. The van der Waals surface area contributed by atoms with Gasteiger partial charge in [-0.15, -0.1) is 0 Å². The van der Waals surface area contributed by atoms with Gasteiger partial charge in [-0.1, -0.05) is 35.3 Å². The molecule has 0 aliphatic rings. The first-order valence-corrected chi connectivity index (χ1v) is 8.28. The summed E-state index contributed by atoms with van der Waals surface area (Å²) in [6, 6.07) is 11.9. The number of imidazole rings is 1. The van der Waals surface area contributed by atoms with Crippen molar-refractivity contribution >= 4 is 23.2 Å². The van der Waals surface area contributed by atoms with Crippen molar-refractivity contribution in [3.8, 4) is 0 Å². The van der Waals surface area contributed by atoms with Gasteiger partial charge in [-0.2, -0.15) is 0 Å². The van der Waals surface area contributed by atoms with Crippen LogP contribution in [0.15, 0.2) is 54.9 Å². The van der Waals surface area contributed by atoms with Crippen LogP contribution in [-0.2, 0) is 13.0 Å². The van der Waals surface area contributed by atoms with E-state index in [0.29, 0.717) is 23.0 Å². The molecule has 3 nitrogen and oxygen atoms in total. The van der Waals surface area contributed by atoms with Gasteiger partial charge in [0.25, 0.3) is 0 Å². The summed E-state index contributed by atoms with van der Waals surface area (Å²) < 4.78 is 13.0. The number of nitrogens with zero attached hydrogens (tertiary/aromatic N) is 1. The van der Waals surface area contributed by atoms with Gasteiger partial charge in [-0.3, -0.25) is 0 Å². The van der Waals surface area contributed by atoms with E-state index >= 15 is 0 Å². The van der Waals surface area contributed by atoms with Crippen molar-refractivity contribution in [2.45, 2.75) is 19.0 Å². The Hall–Kier alpha value is -1.88. The van der Waals surface area contributed by atoms with Gasteiger partial charge < -0.3 is 10.3 Å². The SMILES string of the molecule is Fc1ccc(CNC(Cc2cc(Cl)cc(Cl)c2)c2ncc[nH]2)cc1. The van der Waals surface area contributed by atoms with E-state index in [1.54, 1.807) is 30.6 Å². The lowest BCUT2D eigenvalue weighted by atomic mass is 10.0. The first-order valence-electron chi connectivity index (χ1n) is 7.52. The molecule has 1 atom stereocenters. The fraction of sp³-hybridized carbons (Fsp3) is 0.167. The van der Waals surface area contributed by atoms with Gasteiger partial charge >= 0.3 is 0 Å². The first kappa shape index (κ1) is 17.0. The minimum Gasteiger partial charge on any atom is -0.347 e. The normalized spacial score (nSPS) is 12.3. The lowest BCUT2D eigenvalue weighted by molar-refractivity contribution is 0.508. The van der Waals surface area contributed by atoms with Crippen molar-refractivity contribution in [3.63, 3.8) is 0 Å². The van der Waals surface area contributed by atoms with E-state index in [1.807, 2.05) is 12.1 Å². The average molecular weight is 364 g/mol. The van der Waals surface area contributed by atoms with Crippen LogP contribution in [0.5, 0.6) is 0 Å². The van der Waals surface area contributed by atoms with Gasteiger partial charge in [0.05, 0.1) is 6.04 Å². The Labute approximate surface area is 149 Å². The van der Waals surface area contributed by atoms with Crippen molar-refractivity contribution in [3.05, 3.63) is 87.7 Å². The van der Waals surface area contributed by atoms with E-state index in [9.17, 15) is 4.39 Å². The lowest BCUT2D eigenvalue weighted by Gasteiger charge is -2.17. The van der Waals surface area contributed by atoms with Crippen LogP contribution in [0.3, 0.4) is 0 Å². The number of aromatic nitrogens is 2. The topological polar surface area (TPSA) is 40.7 Å². The number of halogens is 3. The maximum Gasteiger partial charge on any atom is 0.123 e. The number of rotatable bonds is 6. The smallest absolute Gasteiger partial charge is 0.123 e. The second kappa shape index (κ2) is 7.79. The molecule has 0 amide bonds. The summed E-state index contributed by atoms with van der Waals surface area (Å²) in [4.78, 5) is 7.47. The van der Waals surface area contributed by atoms with E-state index in [0.717, 1.165) is 17.0 Å². The van der Waals surface area contributed by atoms with E-state index in [1.165, 1.54) is 12.1 Å². The van der Waals surface area contributed by atoms with Crippen LogP contribution in [0.2, 0.25) is 10.0 Å². The van der Waals surface area contributed by atoms with Crippen LogP contribution >= 0.6 is 23.2 Å². The van der Waals surface area contributed by atoms with Gasteiger partial charge in [0, 0.05) is 29.0 Å². The summed E-state index contributed by atoms with van der Waals surface area (Å²) in [5, 5.41) is 4.65. The maximum atomic E-state index is 13.0. The molecule has 6 heteroatoms. The van der Waals surface area contributed by atoms with Gasteiger partial charge in [0.2, 0.25) is 0 Å². The number of hydrogen-bond donors (Lipinski definition) is 2. The fourth-order valence-corrected chi connectivity index (χ4v) is 3.11. The first-order chi connectivity index (χ1) is 11.6. The second-order valence-corrected chi connectivity index (χ2v) is 6.39. The third-order valence-electron chi connectivity index (χ3n) is 3.68. The van der Waals surface area contributed by atoms with E-state index in [4.69, 9.17) is 23.2 Å². The van der Waals surface area contributed by atoms with Crippen LogP contribution in [0.1, 0.15) is 23.0 Å². The van der Waals surface area contributed by atoms with Gasteiger partial charge in [-0.25, -0.2) is 9.37 Å². The molecule has 0 saturated heterocycles. The Balaban J connectivity index is 1.75. The quantitative estimate of drug-likeness (QED) is 0.651. The summed E-state index contributed by atoms with van der Waals surface area (Å²) >= 11 is 12.2. The Kier molecular flexibility index (Phi) is 5.51. The lowest BCUT2D eigenvalue weighted by Crippen LogP contribution is -2.24. The Bertz CT molecular complexity index is 768. The molecule has 3 rings (SSSR count). The average Bonchev–Trinajstić information content (AvgIpc) is 3.06. The number of benzene rings is 2. The van der Waals surface area contributed by atoms with E-state index in [2.05, 4.69) is 15.3 Å². The minimum absolute atomic E-state index is 0.0420. The van der Waals surface area contributed by atoms with E-state index in [-0.39, 0.29) is 11.9 Å². The summed E-state index contributed by atoms with van der Waals surface area (Å²) in [5.74, 6) is 0.586. The third kappa shape index (κ3) is 4.57. The van der Waals surface area contributed by atoms with Crippen molar-refractivity contribution in [2.24, 2.45) is 0 Å². The molecule has 2 N–H and O–H groups in total. The molecule has 24 heavy (non-hydrogen) atoms. The molecule has 3 aromatic rings. The molecule has 0 radical (unpaired) electrons. The zero-order valence-corrected chi connectivity index (χ0v) is 14.3. The number of nitrogens with one attached hydrogen (secondary N) is 2. The fourth-order valence-electron chi connectivity index (χ4n) is 2.54. The van der Waals surface area contributed by atoms with Crippen LogP contribution < -0.4 is 5.32 Å². The van der Waals surface area contributed by atoms with Crippen molar-refractivity contribution in [1.82, 2.24) is 15.3 Å². The minimum atomic E-state index is -0.241. The molecule has 124 valence electrons. The van der Waals surface area contributed by atoms with Gasteiger partial charge in [-0.05, 0) is 47.9 Å². The number of aromatic amines is 1. The largest absolute Gasteiger partial charge is 0.347 e.